The third-order valence-corrected chi connectivity index (χ3v) is 4.22. The molecule has 1 unspecified atom stereocenters. The lowest BCUT2D eigenvalue weighted by Gasteiger charge is -2.32. The highest BCUT2D eigenvalue weighted by molar-refractivity contribution is 7.11. The van der Waals surface area contributed by atoms with E-state index >= 15 is 0 Å². The molecule has 5 heteroatoms. The first kappa shape index (κ1) is 12.7. The minimum atomic E-state index is 0.0449. The summed E-state index contributed by atoms with van der Waals surface area (Å²) in [5, 5.41) is 0. The van der Waals surface area contributed by atoms with E-state index in [9.17, 15) is 0 Å². The van der Waals surface area contributed by atoms with Crippen molar-refractivity contribution >= 4 is 11.3 Å². The molecule has 3 rings (SSSR count). The highest BCUT2D eigenvalue weighted by Crippen LogP contribution is 2.23. The minimum Gasteiger partial charge on any atom is -0.369 e. The van der Waals surface area contributed by atoms with Crippen LogP contribution >= 0.6 is 11.3 Å². The molecule has 1 aliphatic heterocycles. The van der Waals surface area contributed by atoms with Gasteiger partial charge in [-0.05, 0) is 19.1 Å². The second-order valence-electron chi connectivity index (χ2n) is 4.74. The standard InChI is InChI=1S/C14H17N3OS/c1-11-2-3-12(19-11)9-17-6-7-18-14(10-17)13-8-15-4-5-16-13/h2-5,8,14H,6-7,9-10H2,1H3. The molecule has 1 fully saturated rings. The van der Waals surface area contributed by atoms with E-state index in [4.69, 9.17) is 4.74 Å². The van der Waals surface area contributed by atoms with Crippen molar-refractivity contribution in [2.24, 2.45) is 0 Å². The number of ether oxygens (including phenoxy) is 1. The van der Waals surface area contributed by atoms with E-state index in [0.717, 1.165) is 31.9 Å². The lowest BCUT2D eigenvalue weighted by molar-refractivity contribution is -0.0348. The molecular weight excluding hydrogens is 258 g/mol. The van der Waals surface area contributed by atoms with Gasteiger partial charge in [-0.2, -0.15) is 0 Å². The predicted molar refractivity (Wildman–Crippen MR) is 75.1 cm³/mol. The number of aromatic nitrogens is 2. The molecule has 3 heterocycles. The van der Waals surface area contributed by atoms with E-state index in [2.05, 4.69) is 33.9 Å². The van der Waals surface area contributed by atoms with Crippen LogP contribution in [0.1, 0.15) is 21.6 Å². The average molecular weight is 275 g/mol. The van der Waals surface area contributed by atoms with Crippen molar-refractivity contribution < 1.29 is 4.74 Å². The minimum absolute atomic E-state index is 0.0449. The topological polar surface area (TPSA) is 38.2 Å². The van der Waals surface area contributed by atoms with Gasteiger partial charge >= 0.3 is 0 Å². The zero-order chi connectivity index (χ0) is 13.1. The SMILES string of the molecule is Cc1ccc(CN2CCOC(c3cnccn3)C2)s1. The average Bonchev–Trinajstić information content (AvgIpc) is 2.85. The monoisotopic (exact) mass is 275 g/mol. The van der Waals surface area contributed by atoms with Crippen LogP contribution in [-0.4, -0.2) is 34.6 Å². The normalized spacial score (nSPS) is 20.6. The lowest BCUT2D eigenvalue weighted by atomic mass is 10.2. The van der Waals surface area contributed by atoms with Crippen molar-refractivity contribution in [1.82, 2.24) is 14.9 Å². The maximum Gasteiger partial charge on any atom is 0.114 e. The van der Waals surface area contributed by atoms with Gasteiger partial charge in [0.15, 0.2) is 0 Å². The van der Waals surface area contributed by atoms with Crippen molar-refractivity contribution in [2.45, 2.75) is 19.6 Å². The predicted octanol–water partition coefficient (Wildman–Crippen LogP) is 2.42. The smallest absolute Gasteiger partial charge is 0.114 e. The van der Waals surface area contributed by atoms with E-state index in [0.29, 0.717) is 0 Å². The Balaban J connectivity index is 1.65. The fourth-order valence-corrected chi connectivity index (χ4v) is 3.23. The van der Waals surface area contributed by atoms with Gasteiger partial charge in [-0.1, -0.05) is 0 Å². The Bertz CT molecular complexity index is 528. The Kier molecular flexibility index (Phi) is 3.87. The first-order valence-corrected chi connectivity index (χ1v) is 7.28. The number of hydrogen-bond donors (Lipinski definition) is 0. The molecule has 2 aromatic rings. The molecule has 1 aliphatic rings. The fraction of sp³-hybridized carbons (Fsp3) is 0.429. The summed E-state index contributed by atoms with van der Waals surface area (Å²) in [5.41, 5.74) is 0.926. The summed E-state index contributed by atoms with van der Waals surface area (Å²) in [6.45, 7) is 5.77. The molecule has 100 valence electrons. The first-order chi connectivity index (χ1) is 9.31. The first-order valence-electron chi connectivity index (χ1n) is 6.46. The second kappa shape index (κ2) is 5.77. The molecule has 0 N–H and O–H groups in total. The van der Waals surface area contributed by atoms with Crippen molar-refractivity contribution in [3.8, 4) is 0 Å². The van der Waals surface area contributed by atoms with Crippen molar-refractivity contribution in [2.75, 3.05) is 19.7 Å². The summed E-state index contributed by atoms with van der Waals surface area (Å²) >= 11 is 1.87. The van der Waals surface area contributed by atoms with Gasteiger partial charge in [0.05, 0.1) is 18.5 Å². The Hall–Kier alpha value is -1.30. The van der Waals surface area contributed by atoms with E-state index in [1.165, 1.54) is 9.75 Å². The number of thiophene rings is 1. The number of morpholine rings is 1. The number of aryl methyl sites for hydroxylation is 1. The summed E-state index contributed by atoms with van der Waals surface area (Å²) in [6, 6.07) is 4.40. The Labute approximate surface area is 117 Å². The van der Waals surface area contributed by atoms with Crippen molar-refractivity contribution in [3.63, 3.8) is 0 Å². The van der Waals surface area contributed by atoms with Crippen LogP contribution in [0.3, 0.4) is 0 Å². The molecule has 0 saturated carbocycles. The van der Waals surface area contributed by atoms with Gasteiger partial charge in [0.1, 0.15) is 6.10 Å². The molecule has 19 heavy (non-hydrogen) atoms. The third kappa shape index (κ3) is 3.18. The van der Waals surface area contributed by atoms with Crippen LogP contribution in [0.5, 0.6) is 0 Å². The van der Waals surface area contributed by atoms with Gasteiger partial charge in [-0.15, -0.1) is 11.3 Å². The second-order valence-corrected chi connectivity index (χ2v) is 6.11. The van der Waals surface area contributed by atoms with Gasteiger partial charge in [0, 0.05) is 41.8 Å². The number of nitrogens with zero attached hydrogens (tertiary/aromatic N) is 3. The van der Waals surface area contributed by atoms with Gasteiger partial charge in [0.25, 0.3) is 0 Å². The summed E-state index contributed by atoms with van der Waals surface area (Å²) in [7, 11) is 0. The molecule has 0 aromatic carbocycles. The van der Waals surface area contributed by atoms with Crippen LogP contribution in [0.25, 0.3) is 0 Å². The zero-order valence-electron chi connectivity index (χ0n) is 11.0. The van der Waals surface area contributed by atoms with E-state index < -0.39 is 0 Å². The Morgan fingerprint density at radius 3 is 3.11 bits per heavy atom. The maximum absolute atomic E-state index is 5.80. The summed E-state index contributed by atoms with van der Waals surface area (Å²) in [4.78, 5) is 13.7. The van der Waals surface area contributed by atoms with Crippen LogP contribution in [0.15, 0.2) is 30.7 Å². The van der Waals surface area contributed by atoms with Gasteiger partial charge < -0.3 is 4.74 Å². The van der Waals surface area contributed by atoms with Gasteiger partial charge in [-0.3, -0.25) is 14.9 Å². The van der Waals surface area contributed by atoms with E-state index in [1.807, 2.05) is 11.3 Å². The third-order valence-electron chi connectivity index (χ3n) is 3.24. The van der Waals surface area contributed by atoms with Gasteiger partial charge in [-0.25, -0.2) is 0 Å². The molecule has 1 atom stereocenters. The molecule has 0 spiro atoms. The van der Waals surface area contributed by atoms with E-state index in [-0.39, 0.29) is 6.10 Å². The summed E-state index contributed by atoms with van der Waals surface area (Å²) in [6.07, 6.45) is 5.26. The molecule has 1 saturated heterocycles. The van der Waals surface area contributed by atoms with Crippen LogP contribution < -0.4 is 0 Å². The van der Waals surface area contributed by atoms with Crippen LogP contribution in [0, 0.1) is 6.92 Å². The van der Waals surface area contributed by atoms with Crippen molar-refractivity contribution in [1.29, 1.82) is 0 Å². The molecule has 4 nitrogen and oxygen atoms in total. The van der Waals surface area contributed by atoms with Crippen molar-refractivity contribution in [3.05, 3.63) is 46.2 Å². The molecule has 0 aliphatic carbocycles. The highest BCUT2D eigenvalue weighted by Gasteiger charge is 2.23. The van der Waals surface area contributed by atoms with E-state index in [1.54, 1.807) is 18.6 Å². The summed E-state index contributed by atoms with van der Waals surface area (Å²) in [5.74, 6) is 0. The van der Waals surface area contributed by atoms with Crippen LogP contribution in [-0.2, 0) is 11.3 Å². The lowest BCUT2D eigenvalue weighted by Crippen LogP contribution is -2.37. The summed E-state index contributed by atoms with van der Waals surface area (Å²) < 4.78 is 5.80. The zero-order valence-corrected chi connectivity index (χ0v) is 11.8. The molecular formula is C14H17N3OS. The van der Waals surface area contributed by atoms with Gasteiger partial charge in [0.2, 0.25) is 0 Å². The quantitative estimate of drug-likeness (QED) is 0.862. The highest BCUT2D eigenvalue weighted by atomic mass is 32.1. The Morgan fingerprint density at radius 2 is 2.37 bits per heavy atom. The molecule has 0 radical (unpaired) electrons. The molecule has 0 amide bonds. The van der Waals surface area contributed by atoms with Crippen LogP contribution in [0.2, 0.25) is 0 Å². The molecule has 2 aromatic heterocycles. The fourth-order valence-electron chi connectivity index (χ4n) is 2.29. The number of rotatable bonds is 3. The maximum atomic E-state index is 5.80. The largest absolute Gasteiger partial charge is 0.369 e. The Morgan fingerprint density at radius 1 is 1.42 bits per heavy atom. The molecule has 0 bridgehead atoms. The van der Waals surface area contributed by atoms with Crippen LogP contribution in [0.4, 0.5) is 0 Å². The number of hydrogen-bond acceptors (Lipinski definition) is 5.